The van der Waals surface area contributed by atoms with Gasteiger partial charge in [-0.25, -0.2) is 4.79 Å². The van der Waals surface area contributed by atoms with E-state index in [-0.39, 0.29) is 0 Å². The van der Waals surface area contributed by atoms with Gasteiger partial charge < -0.3 is 14.8 Å². The lowest BCUT2D eigenvalue weighted by Crippen LogP contribution is -2.37. The topological polar surface area (TPSA) is 79.2 Å². The van der Waals surface area contributed by atoms with Crippen LogP contribution in [0.25, 0.3) is 0 Å². The zero-order valence-corrected chi connectivity index (χ0v) is 12.7. The molecule has 0 aliphatic carbocycles. The van der Waals surface area contributed by atoms with Crippen LogP contribution in [0.2, 0.25) is 0 Å². The van der Waals surface area contributed by atoms with Crippen LogP contribution in [-0.2, 0) is 9.53 Å². The third-order valence-electron chi connectivity index (χ3n) is 2.81. The van der Waals surface area contributed by atoms with Crippen molar-refractivity contribution >= 4 is 12.4 Å². The summed E-state index contributed by atoms with van der Waals surface area (Å²) in [6.07, 6.45) is 0.200. The SMILES string of the molecule is C[C@H](C=O)[C@H](NC(=O)OC(C)(C)C)c1ccc(C#N)cc1. The molecule has 1 N–H and O–H groups in total. The number of benzene rings is 1. The maximum absolute atomic E-state index is 11.9. The lowest BCUT2D eigenvalue weighted by Gasteiger charge is -2.25. The number of hydrogen-bond acceptors (Lipinski definition) is 4. The Labute approximate surface area is 124 Å². The van der Waals surface area contributed by atoms with Crippen molar-refractivity contribution in [2.45, 2.75) is 39.3 Å². The first kappa shape index (κ1) is 16.7. The average molecular weight is 288 g/mol. The Morgan fingerprint density at radius 2 is 1.90 bits per heavy atom. The second-order valence-corrected chi connectivity index (χ2v) is 5.85. The number of aldehydes is 1. The second-order valence-electron chi connectivity index (χ2n) is 5.85. The summed E-state index contributed by atoms with van der Waals surface area (Å²) in [4.78, 5) is 22.9. The van der Waals surface area contributed by atoms with Crippen LogP contribution < -0.4 is 5.32 Å². The summed E-state index contributed by atoms with van der Waals surface area (Å²) in [5, 5.41) is 11.5. The van der Waals surface area contributed by atoms with Crippen LogP contribution in [-0.4, -0.2) is 18.0 Å². The van der Waals surface area contributed by atoms with Crippen molar-refractivity contribution in [2.24, 2.45) is 5.92 Å². The molecule has 0 bridgehead atoms. The van der Waals surface area contributed by atoms with E-state index in [1.807, 2.05) is 6.07 Å². The van der Waals surface area contributed by atoms with Crippen molar-refractivity contribution < 1.29 is 14.3 Å². The lowest BCUT2D eigenvalue weighted by molar-refractivity contribution is -0.111. The molecule has 0 saturated carbocycles. The minimum atomic E-state index is -0.607. The molecule has 5 nitrogen and oxygen atoms in total. The molecule has 0 aliphatic rings. The molecule has 0 unspecified atom stereocenters. The molecule has 1 aromatic rings. The third kappa shape index (κ3) is 5.27. The van der Waals surface area contributed by atoms with Crippen LogP contribution in [0.3, 0.4) is 0 Å². The smallest absolute Gasteiger partial charge is 0.408 e. The summed E-state index contributed by atoms with van der Waals surface area (Å²) in [6, 6.07) is 8.28. The van der Waals surface area contributed by atoms with Gasteiger partial charge in [0.1, 0.15) is 11.9 Å². The van der Waals surface area contributed by atoms with E-state index < -0.39 is 23.7 Å². The zero-order valence-electron chi connectivity index (χ0n) is 12.7. The van der Waals surface area contributed by atoms with E-state index in [4.69, 9.17) is 10.00 Å². The molecule has 0 aliphatic heterocycles. The fraction of sp³-hybridized carbons (Fsp3) is 0.438. The maximum atomic E-state index is 11.9. The summed E-state index contributed by atoms with van der Waals surface area (Å²) in [7, 11) is 0. The van der Waals surface area contributed by atoms with E-state index in [1.165, 1.54) is 0 Å². The molecule has 0 radical (unpaired) electrons. The summed E-state index contributed by atoms with van der Waals surface area (Å²) in [5.74, 6) is -0.412. The standard InChI is InChI=1S/C16H20N2O3/c1-11(10-19)14(18-15(20)21-16(2,3)4)13-7-5-12(9-17)6-8-13/h5-8,10-11,14H,1-4H3,(H,18,20)/t11-,14+/m1/s1. The lowest BCUT2D eigenvalue weighted by atomic mass is 9.95. The van der Waals surface area contributed by atoms with Gasteiger partial charge >= 0.3 is 6.09 Å². The predicted molar refractivity (Wildman–Crippen MR) is 78.5 cm³/mol. The highest BCUT2D eigenvalue weighted by molar-refractivity contribution is 5.69. The van der Waals surface area contributed by atoms with E-state index in [1.54, 1.807) is 52.0 Å². The third-order valence-corrected chi connectivity index (χ3v) is 2.81. The number of nitrogens with zero attached hydrogens (tertiary/aromatic N) is 1. The predicted octanol–water partition coefficient (Wildman–Crippen LogP) is 2.96. The number of carbonyl (C=O) groups excluding carboxylic acids is 2. The molecule has 0 spiro atoms. The molecule has 5 heteroatoms. The van der Waals surface area contributed by atoms with Crippen molar-refractivity contribution in [3.63, 3.8) is 0 Å². The molecular formula is C16H20N2O3. The van der Waals surface area contributed by atoms with E-state index in [0.717, 1.165) is 11.8 Å². The first-order chi connectivity index (χ1) is 9.76. The number of ether oxygens (including phenoxy) is 1. The molecule has 112 valence electrons. The van der Waals surface area contributed by atoms with Gasteiger partial charge in [0.2, 0.25) is 0 Å². The monoisotopic (exact) mass is 288 g/mol. The number of amides is 1. The summed E-state index contributed by atoms with van der Waals surface area (Å²) < 4.78 is 5.21. The highest BCUT2D eigenvalue weighted by atomic mass is 16.6. The van der Waals surface area contributed by atoms with Crippen LogP contribution in [0, 0.1) is 17.2 Å². The van der Waals surface area contributed by atoms with Gasteiger partial charge in [0, 0.05) is 5.92 Å². The second kappa shape index (κ2) is 6.89. The fourth-order valence-corrected chi connectivity index (χ4v) is 1.80. The molecule has 1 aromatic carbocycles. The van der Waals surface area contributed by atoms with Crippen LogP contribution >= 0.6 is 0 Å². The Morgan fingerprint density at radius 1 is 1.33 bits per heavy atom. The normalized spacial score (nSPS) is 13.7. The quantitative estimate of drug-likeness (QED) is 0.864. The Morgan fingerprint density at radius 3 is 2.33 bits per heavy atom. The summed E-state index contributed by atoms with van der Waals surface area (Å²) >= 11 is 0. The van der Waals surface area contributed by atoms with Gasteiger partial charge in [0.05, 0.1) is 17.7 Å². The van der Waals surface area contributed by atoms with Crippen molar-refractivity contribution in [3.05, 3.63) is 35.4 Å². The van der Waals surface area contributed by atoms with Crippen molar-refractivity contribution in [2.75, 3.05) is 0 Å². The van der Waals surface area contributed by atoms with Crippen LogP contribution in [0.1, 0.15) is 44.9 Å². The number of nitriles is 1. The van der Waals surface area contributed by atoms with Gasteiger partial charge in [-0.15, -0.1) is 0 Å². The highest BCUT2D eigenvalue weighted by Gasteiger charge is 2.24. The van der Waals surface area contributed by atoms with Crippen LogP contribution in [0.5, 0.6) is 0 Å². The van der Waals surface area contributed by atoms with E-state index in [9.17, 15) is 9.59 Å². The molecular weight excluding hydrogens is 268 g/mol. The Kier molecular flexibility index (Phi) is 5.48. The number of hydrogen-bond donors (Lipinski definition) is 1. The number of alkyl carbamates (subject to hydrolysis) is 1. The molecule has 0 heterocycles. The first-order valence-electron chi connectivity index (χ1n) is 6.71. The minimum absolute atomic E-state index is 0.412. The maximum Gasteiger partial charge on any atom is 0.408 e. The van der Waals surface area contributed by atoms with Gasteiger partial charge in [0.15, 0.2) is 0 Å². The summed E-state index contributed by atoms with van der Waals surface area (Å²) in [6.45, 7) is 7.03. The molecule has 0 aromatic heterocycles. The largest absolute Gasteiger partial charge is 0.444 e. The van der Waals surface area contributed by atoms with E-state index >= 15 is 0 Å². The fourth-order valence-electron chi connectivity index (χ4n) is 1.80. The average Bonchev–Trinajstić information content (AvgIpc) is 2.42. The van der Waals surface area contributed by atoms with Crippen molar-refractivity contribution in [3.8, 4) is 6.07 Å². The van der Waals surface area contributed by atoms with Gasteiger partial charge in [-0.1, -0.05) is 19.1 Å². The van der Waals surface area contributed by atoms with E-state index in [2.05, 4.69) is 5.32 Å². The van der Waals surface area contributed by atoms with E-state index in [0.29, 0.717) is 5.56 Å². The number of nitrogens with one attached hydrogen (secondary N) is 1. The highest BCUT2D eigenvalue weighted by Crippen LogP contribution is 2.22. The van der Waals surface area contributed by atoms with Gasteiger partial charge in [0.25, 0.3) is 0 Å². The van der Waals surface area contributed by atoms with Crippen LogP contribution in [0.4, 0.5) is 4.79 Å². The molecule has 1 rings (SSSR count). The first-order valence-corrected chi connectivity index (χ1v) is 6.71. The Bertz CT molecular complexity index is 538. The van der Waals surface area contributed by atoms with Gasteiger partial charge in [-0.2, -0.15) is 5.26 Å². The Hall–Kier alpha value is -2.35. The zero-order chi connectivity index (χ0) is 16.0. The molecule has 21 heavy (non-hydrogen) atoms. The van der Waals surface area contributed by atoms with Gasteiger partial charge in [-0.05, 0) is 38.5 Å². The van der Waals surface area contributed by atoms with Crippen LogP contribution in [0.15, 0.2) is 24.3 Å². The number of carbonyl (C=O) groups is 2. The number of rotatable bonds is 4. The van der Waals surface area contributed by atoms with Gasteiger partial charge in [-0.3, -0.25) is 0 Å². The molecule has 0 fully saturated rings. The minimum Gasteiger partial charge on any atom is -0.444 e. The summed E-state index contributed by atoms with van der Waals surface area (Å²) in [5.41, 5.74) is 0.664. The molecule has 1 amide bonds. The molecule has 2 atom stereocenters. The van der Waals surface area contributed by atoms with Crippen molar-refractivity contribution in [1.29, 1.82) is 5.26 Å². The Balaban J connectivity index is 2.93. The van der Waals surface area contributed by atoms with Crippen molar-refractivity contribution in [1.82, 2.24) is 5.32 Å². The molecule has 0 saturated heterocycles.